The second-order valence-electron chi connectivity index (χ2n) is 6.09. The SMILES string of the molecule is C/C(=N\Nc1nc2ccccc2s1)c1cccc(-c2cccc(C(=O)O)n2)c1. The first-order chi connectivity index (χ1) is 13.6. The van der Waals surface area contributed by atoms with Gasteiger partial charge in [0.1, 0.15) is 5.69 Å². The maximum absolute atomic E-state index is 11.1. The Morgan fingerprint density at radius 2 is 1.86 bits per heavy atom. The maximum atomic E-state index is 11.1. The van der Waals surface area contributed by atoms with Gasteiger partial charge in [-0.3, -0.25) is 5.43 Å². The third-order valence-corrected chi connectivity index (χ3v) is 5.10. The summed E-state index contributed by atoms with van der Waals surface area (Å²) in [6.07, 6.45) is 0. The molecular formula is C21H16N4O2S. The molecule has 2 aromatic heterocycles. The summed E-state index contributed by atoms with van der Waals surface area (Å²) in [5.74, 6) is -1.05. The maximum Gasteiger partial charge on any atom is 0.354 e. The van der Waals surface area contributed by atoms with Gasteiger partial charge in [-0.2, -0.15) is 5.10 Å². The third kappa shape index (κ3) is 3.74. The van der Waals surface area contributed by atoms with Crippen molar-refractivity contribution in [2.45, 2.75) is 6.92 Å². The van der Waals surface area contributed by atoms with Crippen molar-refractivity contribution in [2.24, 2.45) is 5.10 Å². The highest BCUT2D eigenvalue weighted by atomic mass is 32.1. The van der Waals surface area contributed by atoms with Crippen molar-refractivity contribution in [1.82, 2.24) is 9.97 Å². The number of hydrazone groups is 1. The summed E-state index contributed by atoms with van der Waals surface area (Å²) in [5, 5.41) is 14.3. The number of para-hydroxylation sites is 1. The van der Waals surface area contributed by atoms with Gasteiger partial charge in [0.2, 0.25) is 5.13 Å². The zero-order valence-corrected chi connectivity index (χ0v) is 15.8. The Morgan fingerprint density at radius 3 is 2.68 bits per heavy atom. The molecule has 0 aliphatic rings. The smallest absolute Gasteiger partial charge is 0.354 e. The number of anilines is 1. The highest BCUT2D eigenvalue weighted by Crippen LogP contribution is 2.25. The monoisotopic (exact) mass is 388 g/mol. The normalized spacial score (nSPS) is 11.5. The summed E-state index contributed by atoms with van der Waals surface area (Å²) in [5.41, 5.74) is 7.11. The molecular weight excluding hydrogens is 372 g/mol. The molecule has 0 aliphatic carbocycles. The van der Waals surface area contributed by atoms with Crippen LogP contribution in [0.25, 0.3) is 21.5 Å². The van der Waals surface area contributed by atoms with Crippen LogP contribution in [0.4, 0.5) is 5.13 Å². The number of aromatic nitrogens is 2. The largest absolute Gasteiger partial charge is 0.477 e. The Bertz CT molecular complexity index is 1170. The molecule has 0 spiro atoms. The number of hydrogen-bond acceptors (Lipinski definition) is 6. The quantitative estimate of drug-likeness (QED) is 0.375. The molecule has 0 saturated heterocycles. The molecule has 0 radical (unpaired) electrons. The topological polar surface area (TPSA) is 87.5 Å². The highest BCUT2D eigenvalue weighted by molar-refractivity contribution is 7.22. The van der Waals surface area contributed by atoms with Crippen molar-refractivity contribution in [3.05, 3.63) is 78.0 Å². The summed E-state index contributed by atoms with van der Waals surface area (Å²) in [4.78, 5) is 19.9. The standard InChI is InChI=1S/C21H16N4O2S/c1-13(24-25-21-23-17-8-2-3-11-19(17)28-21)14-6-4-7-15(12-14)16-9-5-10-18(22-16)20(26)27/h2-12H,1H3,(H,23,25)(H,26,27)/b24-13+. The van der Waals surface area contributed by atoms with E-state index in [4.69, 9.17) is 5.11 Å². The predicted molar refractivity (Wildman–Crippen MR) is 112 cm³/mol. The number of thiazole rings is 1. The lowest BCUT2D eigenvalue weighted by atomic mass is 10.0. The number of benzene rings is 2. The van der Waals surface area contributed by atoms with Gasteiger partial charge in [0.15, 0.2) is 0 Å². The summed E-state index contributed by atoms with van der Waals surface area (Å²) < 4.78 is 1.10. The Hall–Kier alpha value is -3.58. The van der Waals surface area contributed by atoms with E-state index in [9.17, 15) is 4.79 Å². The third-order valence-electron chi connectivity index (χ3n) is 4.16. The minimum atomic E-state index is -1.05. The molecule has 0 aliphatic heterocycles. The van der Waals surface area contributed by atoms with Gasteiger partial charge in [-0.15, -0.1) is 0 Å². The number of carboxylic acid groups (broad SMARTS) is 1. The molecule has 0 fully saturated rings. The zero-order chi connectivity index (χ0) is 19.5. The van der Waals surface area contributed by atoms with Gasteiger partial charge in [0, 0.05) is 5.56 Å². The van der Waals surface area contributed by atoms with Crippen molar-refractivity contribution in [2.75, 3.05) is 5.43 Å². The van der Waals surface area contributed by atoms with E-state index in [-0.39, 0.29) is 5.69 Å². The van der Waals surface area contributed by atoms with E-state index in [0.717, 1.165) is 32.2 Å². The lowest BCUT2D eigenvalue weighted by Gasteiger charge is -2.06. The van der Waals surface area contributed by atoms with E-state index < -0.39 is 5.97 Å². The number of nitrogens with one attached hydrogen (secondary N) is 1. The summed E-state index contributed by atoms with van der Waals surface area (Å²) >= 11 is 1.54. The van der Waals surface area contributed by atoms with Crippen LogP contribution in [0.3, 0.4) is 0 Å². The van der Waals surface area contributed by atoms with Gasteiger partial charge in [-0.05, 0) is 42.8 Å². The summed E-state index contributed by atoms with van der Waals surface area (Å²) in [7, 11) is 0. The average Bonchev–Trinajstić information content (AvgIpc) is 3.15. The van der Waals surface area contributed by atoms with Crippen LogP contribution in [0.1, 0.15) is 23.0 Å². The number of hydrogen-bond donors (Lipinski definition) is 2. The van der Waals surface area contributed by atoms with Crippen LogP contribution in [0.5, 0.6) is 0 Å². The molecule has 0 saturated carbocycles. The Kier molecular flexibility index (Phi) is 4.82. The van der Waals surface area contributed by atoms with Crippen molar-refractivity contribution in [3.8, 4) is 11.3 Å². The second kappa shape index (κ2) is 7.58. The van der Waals surface area contributed by atoms with Crippen LogP contribution < -0.4 is 5.43 Å². The van der Waals surface area contributed by atoms with Crippen LogP contribution in [-0.4, -0.2) is 26.8 Å². The number of carboxylic acids is 1. The van der Waals surface area contributed by atoms with Gasteiger partial charge in [0.25, 0.3) is 0 Å². The molecule has 0 amide bonds. The molecule has 0 unspecified atom stereocenters. The van der Waals surface area contributed by atoms with Crippen molar-refractivity contribution in [3.63, 3.8) is 0 Å². The molecule has 4 rings (SSSR count). The first-order valence-electron chi connectivity index (χ1n) is 8.57. The predicted octanol–water partition coefficient (Wildman–Crippen LogP) is 4.89. The Balaban J connectivity index is 1.58. The van der Waals surface area contributed by atoms with Crippen LogP contribution >= 0.6 is 11.3 Å². The molecule has 4 aromatic rings. The molecule has 2 heterocycles. The van der Waals surface area contributed by atoms with Crippen molar-refractivity contribution >= 4 is 38.4 Å². The van der Waals surface area contributed by atoms with E-state index in [1.165, 1.54) is 6.07 Å². The van der Waals surface area contributed by atoms with Gasteiger partial charge in [0.05, 0.1) is 21.6 Å². The van der Waals surface area contributed by atoms with Crippen LogP contribution in [0.15, 0.2) is 71.8 Å². The minimum Gasteiger partial charge on any atom is -0.477 e. The molecule has 7 heteroatoms. The molecule has 0 atom stereocenters. The van der Waals surface area contributed by atoms with Gasteiger partial charge < -0.3 is 5.11 Å². The van der Waals surface area contributed by atoms with Crippen molar-refractivity contribution < 1.29 is 9.90 Å². The van der Waals surface area contributed by atoms with E-state index in [0.29, 0.717) is 5.69 Å². The first kappa shape index (κ1) is 17.8. The summed E-state index contributed by atoms with van der Waals surface area (Å²) in [6.45, 7) is 1.90. The fraction of sp³-hybridized carbons (Fsp3) is 0.0476. The van der Waals surface area contributed by atoms with E-state index in [2.05, 4.69) is 20.5 Å². The Morgan fingerprint density at radius 1 is 1.04 bits per heavy atom. The molecule has 2 aromatic carbocycles. The molecule has 28 heavy (non-hydrogen) atoms. The lowest BCUT2D eigenvalue weighted by molar-refractivity contribution is 0.0690. The highest BCUT2D eigenvalue weighted by Gasteiger charge is 2.08. The molecule has 138 valence electrons. The number of aromatic carboxylic acids is 1. The Labute approximate surface area is 165 Å². The number of rotatable bonds is 5. The van der Waals surface area contributed by atoms with Gasteiger partial charge in [-0.25, -0.2) is 14.8 Å². The fourth-order valence-corrected chi connectivity index (χ4v) is 3.54. The molecule has 2 N–H and O–H groups in total. The average molecular weight is 388 g/mol. The van der Waals surface area contributed by atoms with Crippen LogP contribution in [-0.2, 0) is 0 Å². The number of nitrogens with zero attached hydrogens (tertiary/aromatic N) is 3. The van der Waals surface area contributed by atoms with E-state index in [1.54, 1.807) is 23.5 Å². The van der Waals surface area contributed by atoms with Gasteiger partial charge >= 0.3 is 5.97 Å². The van der Waals surface area contributed by atoms with Gasteiger partial charge in [-0.1, -0.05) is 47.7 Å². The molecule has 0 bridgehead atoms. The van der Waals surface area contributed by atoms with E-state index >= 15 is 0 Å². The minimum absolute atomic E-state index is 0.0193. The zero-order valence-electron chi connectivity index (χ0n) is 15.0. The van der Waals surface area contributed by atoms with Crippen LogP contribution in [0, 0.1) is 0 Å². The van der Waals surface area contributed by atoms with Crippen LogP contribution in [0.2, 0.25) is 0 Å². The van der Waals surface area contributed by atoms with Crippen molar-refractivity contribution in [1.29, 1.82) is 0 Å². The number of fused-ring (bicyclic) bond motifs is 1. The molecule has 6 nitrogen and oxygen atoms in total. The fourth-order valence-electron chi connectivity index (χ4n) is 2.73. The number of carbonyl (C=O) groups is 1. The number of pyridine rings is 1. The second-order valence-corrected chi connectivity index (χ2v) is 7.12. The van der Waals surface area contributed by atoms with E-state index in [1.807, 2.05) is 55.5 Å². The first-order valence-corrected chi connectivity index (χ1v) is 9.39. The lowest BCUT2D eigenvalue weighted by Crippen LogP contribution is -2.02. The summed E-state index contributed by atoms with van der Waals surface area (Å²) in [6, 6.07) is 20.6.